The van der Waals surface area contributed by atoms with E-state index in [-0.39, 0.29) is 24.1 Å². The van der Waals surface area contributed by atoms with E-state index in [9.17, 15) is 9.59 Å². The summed E-state index contributed by atoms with van der Waals surface area (Å²) in [6.07, 6.45) is 3.73. The lowest BCUT2D eigenvalue weighted by Gasteiger charge is -2.39. The number of halogens is 1. The van der Waals surface area contributed by atoms with Gasteiger partial charge in [-0.05, 0) is 69.9 Å². The Kier molecular flexibility index (Phi) is 6.92. The highest BCUT2D eigenvalue weighted by atomic mass is 35.5. The van der Waals surface area contributed by atoms with Gasteiger partial charge in [-0.25, -0.2) is 4.79 Å². The Morgan fingerprint density at radius 2 is 2.00 bits per heavy atom. The number of fused-ring (bicyclic) bond motifs is 1. The van der Waals surface area contributed by atoms with Gasteiger partial charge in [0.15, 0.2) is 0 Å². The van der Waals surface area contributed by atoms with Crippen molar-refractivity contribution < 1.29 is 19.1 Å². The molecule has 2 amide bonds. The highest BCUT2D eigenvalue weighted by Gasteiger charge is 2.35. The lowest BCUT2D eigenvalue weighted by molar-refractivity contribution is -0.0334. The maximum Gasteiger partial charge on any atom is 0.410 e. The lowest BCUT2D eigenvalue weighted by Crippen LogP contribution is -2.46. The first-order valence-corrected chi connectivity index (χ1v) is 12.1. The van der Waals surface area contributed by atoms with Gasteiger partial charge in [0.2, 0.25) is 0 Å². The maximum absolute atomic E-state index is 13.3. The van der Waals surface area contributed by atoms with Gasteiger partial charge in [0.1, 0.15) is 5.60 Å². The van der Waals surface area contributed by atoms with E-state index < -0.39 is 5.60 Å². The summed E-state index contributed by atoms with van der Waals surface area (Å²) in [6, 6.07) is 3.69. The number of carbonyl (C=O) groups is 2. The Morgan fingerprint density at radius 1 is 1.24 bits per heavy atom. The van der Waals surface area contributed by atoms with Gasteiger partial charge in [-0.1, -0.05) is 11.6 Å². The third-order valence-corrected chi connectivity index (χ3v) is 6.34. The van der Waals surface area contributed by atoms with E-state index in [2.05, 4.69) is 5.10 Å². The number of ether oxygens (including phenoxy) is 2. The van der Waals surface area contributed by atoms with Crippen LogP contribution in [0, 0.1) is 0 Å². The molecule has 0 bridgehead atoms. The number of carbonyl (C=O) groups excluding carboxylic acids is 2. The van der Waals surface area contributed by atoms with E-state index in [1.54, 1.807) is 22.0 Å². The van der Waals surface area contributed by atoms with E-state index in [1.807, 2.05) is 51.7 Å². The Bertz CT molecular complexity index is 1080. The molecule has 1 saturated heterocycles. The van der Waals surface area contributed by atoms with Crippen molar-refractivity contribution in [2.24, 2.45) is 0 Å². The molecule has 34 heavy (non-hydrogen) atoms. The molecule has 0 spiro atoms. The number of hydrogen-bond donors (Lipinski definition) is 0. The Hall–Kier alpha value is -2.58. The molecule has 0 saturated carbocycles. The van der Waals surface area contributed by atoms with Crippen LogP contribution >= 0.6 is 11.6 Å². The zero-order valence-electron chi connectivity index (χ0n) is 20.5. The van der Waals surface area contributed by atoms with Crippen molar-refractivity contribution in [2.45, 2.75) is 65.3 Å². The Balaban J connectivity index is 1.63. The van der Waals surface area contributed by atoms with Crippen LogP contribution in [0.5, 0.6) is 0 Å². The molecular formula is C25H33ClN4O4. The number of hydrogen-bond acceptors (Lipinski definition) is 5. The van der Waals surface area contributed by atoms with E-state index in [0.717, 1.165) is 16.7 Å². The lowest BCUT2D eigenvalue weighted by atomic mass is 9.90. The fraction of sp³-hybridized carbons (Fsp3) is 0.560. The van der Waals surface area contributed by atoms with Crippen LogP contribution in [0.3, 0.4) is 0 Å². The third kappa shape index (κ3) is 5.23. The molecule has 0 N–H and O–H groups in total. The predicted octanol–water partition coefficient (Wildman–Crippen LogP) is 4.62. The molecule has 1 fully saturated rings. The molecule has 1 atom stereocenters. The molecule has 1 aromatic carbocycles. The quantitative estimate of drug-likeness (QED) is 0.629. The number of nitrogens with zero attached hydrogens (tertiary/aromatic N) is 4. The molecule has 184 valence electrons. The smallest absolute Gasteiger partial charge is 0.410 e. The van der Waals surface area contributed by atoms with Gasteiger partial charge in [-0.3, -0.25) is 14.4 Å². The van der Waals surface area contributed by atoms with Crippen LogP contribution in [0.2, 0.25) is 5.02 Å². The van der Waals surface area contributed by atoms with Gasteiger partial charge < -0.3 is 14.4 Å². The first-order chi connectivity index (χ1) is 16.0. The topological polar surface area (TPSA) is 76.9 Å². The minimum absolute atomic E-state index is 0.0534. The first-order valence-electron chi connectivity index (χ1n) is 11.8. The summed E-state index contributed by atoms with van der Waals surface area (Å²) < 4.78 is 13.2. The second-order valence-electron chi connectivity index (χ2n) is 10.2. The first kappa shape index (κ1) is 24.5. The molecule has 3 heterocycles. The summed E-state index contributed by atoms with van der Waals surface area (Å²) in [5.41, 5.74) is 2.99. The van der Waals surface area contributed by atoms with Crippen molar-refractivity contribution in [1.82, 2.24) is 19.6 Å². The van der Waals surface area contributed by atoms with Gasteiger partial charge in [0.25, 0.3) is 5.91 Å². The fourth-order valence-corrected chi connectivity index (χ4v) is 4.69. The van der Waals surface area contributed by atoms with Crippen LogP contribution in [-0.2, 0) is 22.4 Å². The molecule has 4 rings (SSSR count). The Morgan fingerprint density at radius 3 is 2.68 bits per heavy atom. The van der Waals surface area contributed by atoms with E-state index in [0.29, 0.717) is 49.9 Å². The molecule has 8 nitrogen and oxygen atoms in total. The summed E-state index contributed by atoms with van der Waals surface area (Å²) in [6.45, 7) is 11.9. The van der Waals surface area contributed by atoms with Crippen molar-refractivity contribution in [2.75, 3.05) is 26.3 Å². The molecular weight excluding hydrogens is 456 g/mol. The summed E-state index contributed by atoms with van der Waals surface area (Å²) >= 11 is 6.49. The molecule has 0 aliphatic carbocycles. The molecule has 2 aromatic rings. The summed E-state index contributed by atoms with van der Waals surface area (Å²) in [4.78, 5) is 29.8. The van der Waals surface area contributed by atoms with Crippen LogP contribution in [0.1, 0.15) is 73.8 Å². The highest BCUT2D eigenvalue weighted by molar-refractivity contribution is 6.30. The van der Waals surface area contributed by atoms with Gasteiger partial charge in [-0.15, -0.1) is 0 Å². The largest absolute Gasteiger partial charge is 0.444 e. The average molecular weight is 489 g/mol. The molecule has 0 radical (unpaired) electrons. The zero-order chi connectivity index (χ0) is 24.6. The van der Waals surface area contributed by atoms with E-state index in [1.165, 1.54) is 0 Å². The average Bonchev–Trinajstić information content (AvgIpc) is 3.27. The summed E-state index contributed by atoms with van der Waals surface area (Å²) in [7, 11) is 0. The summed E-state index contributed by atoms with van der Waals surface area (Å²) in [5.74, 6) is -0.0534. The minimum Gasteiger partial charge on any atom is -0.444 e. The number of morpholine rings is 1. The van der Waals surface area contributed by atoms with E-state index in [4.69, 9.17) is 21.1 Å². The second-order valence-corrected chi connectivity index (χ2v) is 10.6. The van der Waals surface area contributed by atoms with Crippen molar-refractivity contribution in [3.63, 3.8) is 0 Å². The standard InChI is InChI=1S/C25H33ClN4O4/c1-16(2)30-13-18(12-27-30)23(31)28-7-6-17-10-19(26)11-20(21(17)14-28)22-15-33-9-8-29(22)24(32)34-25(3,4)5/h10-13,16,22H,6-9,14-15H2,1-5H3/t22-/m0/s1. The minimum atomic E-state index is -0.600. The summed E-state index contributed by atoms with van der Waals surface area (Å²) in [5, 5.41) is 4.93. The molecule has 2 aliphatic heterocycles. The zero-order valence-corrected chi connectivity index (χ0v) is 21.3. The third-order valence-electron chi connectivity index (χ3n) is 6.12. The SMILES string of the molecule is CC(C)n1cc(C(=O)N2CCc3cc(Cl)cc([C@@H]4COCCN4C(=O)OC(C)(C)C)c3C2)cn1. The van der Waals surface area contributed by atoms with Gasteiger partial charge in [0.05, 0.1) is 31.0 Å². The van der Waals surface area contributed by atoms with Crippen LogP contribution in [0.25, 0.3) is 0 Å². The second kappa shape index (κ2) is 9.58. The van der Waals surface area contributed by atoms with Gasteiger partial charge >= 0.3 is 6.09 Å². The van der Waals surface area contributed by atoms with Crippen LogP contribution in [0.4, 0.5) is 4.79 Å². The van der Waals surface area contributed by atoms with E-state index >= 15 is 0 Å². The molecule has 2 aliphatic rings. The maximum atomic E-state index is 13.3. The normalized spacial score (nSPS) is 18.7. The van der Waals surface area contributed by atoms with Gasteiger partial charge in [0, 0.05) is 36.9 Å². The number of rotatable bonds is 3. The highest BCUT2D eigenvalue weighted by Crippen LogP contribution is 2.35. The number of benzene rings is 1. The number of amides is 2. The fourth-order valence-electron chi connectivity index (χ4n) is 4.44. The van der Waals surface area contributed by atoms with Crippen molar-refractivity contribution in [3.8, 4) is 0 Å². The molecule has 0 unspecified atom stereocenters. The number of aromatic nitrogens is 2. The van der Waals surface area contributed by atoms with Crippen LogP contribution < -0.4 is 0 Å². The van der Waals surface area contributed by atoms with Crippen molar-refractivity contribution in [1.29, 1.82) is 0 Å². The monoisotopic (exact) mass is 488 g/mol. The van der Waals surface area contributed by atoms with Crippen molar-refractivity contribution >= 4 is 23.6 Å². The Labute approximate surface area is 205 Å². The van der Waals surface area contributed by atoms with Crippen LogP contribution in [0.15, 0.2) is 24.5 Å². The van der Waals surface area contributed by atoms with Crippen LogP contribution in [-0.4, -0.2) is 63.5 Å². The van der Waals surface area contributed by atoms with Gasteiger partial charge in [-0.2, -0.15) is 5.10 Å². The molecule has 1 aromatic heterocycles. The molecule has 9 heteroatoms. The predicted molar refractivity (Wildman–Crippen MR) is 129 cm³/mol. The van der Waals surface area contributed by atoms with Crippen molar-refractivity contribution in [3.05, 3.63) is 51.8 Å².